The topological polar surface area (TPSA) is 210 Å². The first-order valence-electron chi connectivity index (χ1n) is 19.7. The van der Waals surface area contributed by atoms with E-state index in [2.05, 4.69) is 76.5 Å². The lowest BCUT2D eigenvalue weighted by Crippen LogP contribution is -2.26. The molecule has 1 aliphatic heterocycles. The molecule has 59 heavy (non-hydrogen) atoms. The number of pyridine rings is 1. The summed E-state index contributed by atoms with van der Waals surface area (Å²) in [5.74, 6) is 1.12. The van der Waals surface area contributed by atoms with Gasteiger partial charge in [-0.05, 0) is 57.6 Å². The number of carbonyl (C=O) groups excluding carboxylic acids is 2. The predicted octanol–water partition coefficient (Wildman–Crippen LogP) is 4.10. The number of nitrogens with one attached hydrogen (secondary N) is 2. The lowest BCUT2D eigenvalue weighted by Gasteiger charge is -2.24. The molecule has 0 spiro atoms. The highest BCUT2D eigenvalue weighted by molar-refractivity contribution is 5.99. The van der Waals surface area contributed by atoms with Crippen LogP contribution in [0, 0.1) is 6.92 Å². The normalized spacial score (nSPS) is 12.1. The van der Waals surface area contributed by atoms with E-state index in [0.29, 0.717) is 83.0 Å². The number of hydrogen-bond donors (Lipinski definition) is 3. The van der Waals surface area contributed by atoms with E-state index in [1.807, 2.05) is 37.0 Å². The summed E-state index contributed by atoms with van der Waals surface area (Å²) in [6, 6.07) is 12.7. The van der Waals surface area contributed by atoms with Crippen LogP contribution in [-0.2, 0) is 43.3 Å². The van der Waals surface area contributed by atoms with Crippen molar-refractivity contribution in [2.75, 3.05) is 85.8 Å². The number of carbonyl (C=O) groups is 2. The highest BCUT2D eigenvalue weighted by Crippen LogP contribution is 2.30. The third-order valence-electron chi connectivity index (χ3n) is 8.78. The van der Waals surface area contributed by atoms with E-state index >= 15 is 0 Å². The SMILES string of the molecule is CCn1nc(-c2cnc3[nH]ccc3c2)c2c(N)ncnc21.CN1CCc2ccccc2C1.CNCCOCCOCCOCCOCCC=O.Cc1ncc(C=O)cn1. The molecule has 316 valence electrons. The van der Waals surface area contributed by atoms with E-state index in [1.165, 1.54) is 42.8 Å². The number of nitrogens with zero attached hydrogens (tertiary/aromatic N) is 8. The number of aromatic nitrogens is 8. The Labute approximate surface area is 345 Å². The molecular formula is C42H57N11O6. The molecule has 0 atom stereocenters. The number of aryl methyl sites for hydroxylation is 2. The Morgan fingerprint density at radius 2 is 1.54 bits per heavy atom. The van der Waals surface area contributed by atoms with E-state index in [-0.39, 0.29) is 0 Å². The van der Waals surface area contributed by atoms with Crippen LogP contribution < -0.4 is 11.1 Å². The van der Waals surface area contributed by atoms with Gasteiger partial charge in [0.2, 0.25) is 0 Å². The summed E-state index contributed by atoms with van der Waals surface area (Å²) < 4.78 is 22.8. The summed E-state index contributed by atoms with van der Waals surface area (Å²) in [4.78, 5) is 45.9. The number of nitrogen functional groups attached to an aromatic ring is 1. The van der Waals surface area contributed by atoms with Crippen LogP contribution in [0.25, 0.3) is 33.3 Å². The van der Waals surface area contributed by atoms with Gasteiger partial charge in [-0.1, -0.05) is 24.3 Å². The Balaban J connectivity index is 0.000000183. The summed E-state index contributed by atoms with van der Waals surface area (Å²) in [7, 11) is 4.07. The van der Waals surface area contributed by atoms with Crippen molar-refractivity contribution in [2.45, 2.75) is 39.8 Å². The summed E-state index contributed by atoms with van der Waals surface area (Å²) in [5.41, 5.74) is 12.8. The van der Waals surface area contributed by atoms with Gasteiger partial charge in [-0.3, -0.25) is 4.79 Å². The molecule has 0 radical (unpaired) electrons. The molecule has 0 fully saturated rings. The lowest BCUT2D eigenvalue weighted by molar-refractivity contribution is -0.109. The van der Waals surface area contributed by atoms with Crippen molar-refractivity contribution in [1.29, 1.82) is 0 Å². The third-order valence-corrected chi connectivity index (χ3v) is 8.78. The zero-order valence-corrected chi connectivity index (χ0v) is 34.5. The Morgan fingerprint density at radius 1 is 0.864 bits per heavy atom. The summed E-state index contributed by atoms with van der Waals surface area (Å²) >= 11 is 0. The Hall–Kier alpha value is -5.56. The maximum Gasteiger partial charge on any atom is 0.163 e. The number of anilines is 1. The van der Waals surface area contributed by atoms with Crippen molar-refractivity contribution in [2.24, 2.45) is 0 Å². The van der Waals surface area contributed by atoms with E-state index in [4.69, 9.17) is 24.7 Å². The minimum absolute atomic E-state index is 0.434. The van der Waals surface area contributed by atoms with Crippen LogP contribution in [0.15, 0.2) is 67.5 Å². The van der Waals surface area contributed by atoms with Crippen molar-refractivity contribution >= 4 is 40.5 Å². The van der Waals surface area contributed by atoms with E-state index < -0.39 is 0 Å². The Morgan fingerprint density at radius 3 is 2.20 bits per heavy atom. The molecular weight excluding hydrogens is 755 g/mol. The average Bonchev–Trinajstić information content (AvgIpc) is 3.90. The first kappa shape index (κ1) is 46.1. The van der Waals surface area contributed by atoms with Crippen LogP contribution in [0.1, 0.15) is 40.7 Å². The van der Waals surface area contributed by atoms with Crippen LogP contribution in [-0.4, -0.2) is 137 Å². The number of aldehydes is 2. The molecule has 5 aromatic heterocycles. The first-order valence-corrected chi connectivity index (χ1v) is 19.7. The van der Waals surface area contributed by atoms with E-state index in [0.717, 1.165) is 59.0 Å². The van der Waals surface area contributed by atoms with E-state index in [9.17, 15) is 9.59 Å². The van der Waals surface area contributed by atoms with Crippen LogP contribution >= 0.6 is 0 Å². The van der Waals surface area contributed by atoms with Crippen molar-refractivity contribution < 1.29 is 28.5 Å². The monoisotopic (exact) mass is 811 g/mol. The van der Waals surface area contributed by atoms with Crippen LogP contribution in [0.4, 0.5) is 5.82 Å². The second-order valence-corrected chi connectivity index (χ2v) is 13.2. The van der Waals surface area contributed by atoms with Gasteiger partial charge in [0.15, 0.2) is 11.9 Å². The minimum Gasteiger partial charge on any atom is -0.383 e. The van der Waals surface area contributed by atoms with E-state index in [1.54, 1.807) is 13.1 Å². The summed E-state index contributed by atoms with van der Waals surface area (Å²) in [6.45, 7) is 12.2. The largest absolute Gasteiger partial charge is 0.383 e. The third kappa shape index (κ3) is 15.6. The van der Waals surface area contributed by atoms with Gasteiger partial charge in [-0.15, -0.1) is 0 Å². The molecule has 1 aromatic carbocycles. The number of likely N-dealkylation sites (N-methyl/N-ethyl adjacent to an activating group) is 2. The van der Waals surface area contributed by atoms with Crippen molar-refractivity contribution in [3.8, 4) is 11.3 Å². The highest BCUT2D eigenvalue weighted by Gasteiger charge is 2.17. The molecule has 17 nitrogen and oxygen atoms in total. The Kier molecular flexibility index (Phi) is 20.7. The molecule has 0 bridgehead atoms. The zero-order valence-electron chi connectivity index (χ0n) is 34.5. The lowest BCUT2D eigenvalue weighted by atomic mass is 10.0. The molecule has 1 aliphatic rings. The van der Waals surface area contributed by atoms with Crippen molar-refractivity contribution in [3.63, 3.8) is 0 Å². The molecule has 4 N–H and O–H groups in total. The second kappa shape index (κ2) is 26.4. The molecule has 6 heterocycles. The number of fused-ring (bicyclic) bond motifs is 3. The summed E-state index contributed by atoms with van der Waals surface area (Å²) in [6.07, 6.45) is 11.3. The highest BCUT2D eigenvalue weighted by atomic mass is 16.6. The second-order valence-electron chi connectivity index (χ2n) is 13.2. The average molecular weight is 812 g/mol. The number of H-pyrrole nitrogens is 1. The van der Waals surface area contributed by atoms with Crippen LogP contribution in [0.5, 0.6) is 0 Å². The number of ether oxygens (including phenoxy) is 4. The van der Waals surface area contributed by atoms with Gasteiger partial charge < -0.3 is 44.7 Å². The van der Waals surface area contributed by atoms with Gasteiger partial charge in [0.25, 0.3) is 0 Å². The van der Waals surface area contributed by atoms with Gasteiger partial charge in [0.05, 0.1) is 63.8 Å². The molecule has 7 rings (SSSR count). The maximum atomic E-state index is 10.0. The van der Waals surface area contributed by atoms with Gasteiger partial charge in [-0.2, -0.15) is 5.10 Å². The fourth-order valence-electron chi connectivity index (χ4n) is 5.69. The van der Waals surface area contributed by atoms with Gasteiger partial charge in [0.1, 0.15) is 35.6 Å². The molecule has 0 aliphatic carbocycles. The molecule has 0 amide bonds. The van der Waals surface area contributed by atoms with Gasteiger partial charge in [-0.25, -0.2) is 29.6 Å². The smallest absolute Gasteiger partial charge is 0.163 e. The van der Waals surface area contributed by atoms with Gasteiger partial charge >= 0.3 is 0 Å². The van der Waals surface area contributed by atoms with Crippen LogP contribution in [0.3, 0.4) is 0 Å². The molecule has 6 aromatic rings. The molecule has 0 unspecified atom stereocenters. The molecule has 0 saturated heterocycles. The minimum atomic E-state index is 0.434. The number of nitrogens with two attached hydrogens (primary N) is 1. The zero-order chi connectivity index (χ0) is 42.1. The first-order chi connectivity index (χ1) is 28.9. The fraction of sp³-hybridized carbons (Fsp3) is 0.429. The number of aromatic amines is 1. The summed E-state index contributed by atoms with van der Waals surface area (Å²) in [5, 5.41) is 9.41. The predicted molar refractivity (Wildman–Crippen MR) is 227 cm³/mol. The van der Waals surface area contributed by atoms with Crippen molar-refractivity contribution in [1.82, 2.24) is 49.9 Å². The van der Waals surface area contributed by atoms with Gasteiger partial charge in [0, 0.05) is 68.3 Å². The fourth-order valence-corrected chi connectivity index (χ4v) is 5.69. The molecule has 17 heteroatoms. The van der Waals surface area contributed by atoms with Crippen LogP contribution in [0.2, 0.25) is 0 Å². The molecule has 0 saturated carbocycles. The number of rotatable bonds is 18. The number of benzene rings is 1. The quantitative estimate of drug-likeness (QED) is 0.0824. The maximum absolute atomic E-state index is 10.0. The van der Waals surface area contributed by atoms with Crippen molar-refractivity contribution in [3.05, 3.63) is 90.0 Å². The standard InChI is InChI=1S/C14H13N7.C12H25NO5.C10H13N.C6H6N2O/c1-2-21-14-10(12(15)18-7-19-14)11(20-21)9-5-8-3-4-16-13(8)17-6-9;1-13-3-6-16-8-10-18-12-11-17-9-7-15-5-2-4-14;1-11-7-6-9-4-2-3-5-10(9)8-11;1-5-7-2-6(4-9)3-8-5/h3-7H,2H2,1H3,(H,16,17)(H2,15,18,19);4,13H,2-3,5-12H2,1H3;2-5H,6-8H2,1H3;2-4H,1H3. The Bertz CT molecular complexity index is 2110. The number of hydrogen-bond acceptors (Lipinski definition) is 15.